The molecule has 3 nitrogen and oxygen atoms in total. The quantitative estimate of drug-likeness (QED) is 0.492. The topological polar surface area (TPSA) is 38.3 Å². The van der Waals surface area contributed by atoms with Gasteiger partial charge in [0, 0.05) is 17.7 Å². The Morgan fingerprint density at radius 2 is 1.61 bits per heavy atom. The number of anilines is 1. The number of ketones is 1. The molecule has 0 bridgehead atoms. The zero-order valence-electron chi connectivity index (χ0n) is 16.1. The van der Waals surface area contributed by atoms with Crippen LogP contribution in [-0.2, 0) is 0 Å². The van der Waals surface area contributed by atoms with Crippen LogP contribution in [0.15, 0.2) is 72.8 Å². The van der Waals surface area contributed by atoms with Crippen LogP contribution in [0.3, 0.4) is 0 Å². The number of benzene rings is 3. The van der Waals surface area contributed by atoms with E-state index in [-0.39, 0.29) is 24.1 Å². The fourth-order valence-corrected chi connectivity index (χ4v) is 3.01. The van der Waals surface area contributed by atoms with Gasteiger partial charge in [-0.05, 0) is 55.8 Å². The highest BCUT2D eigenvalue weighted by Gasteiger charge is 2.18. The maximum absolute atomic E-state index is 13.2. The second-order valence-corrected chi connectivity index (χ2v) is 6.70. The molecule has 1 unspecified atom stereocenters. The standard InChI is InChI=1S/C24H24FNO2/c1-3-28-22-14-8-18(9-15-22)23(26-21-12-10-20(25)11-13-21)16-24(27)19-6-4-17(2)5-7-19/h4-15,23,26H,3,16H2,1-2H3. The van der Waals surface area contributed by atoms with E-state index in [2.05, 4.69) is 5.32 Å². The molecule has 0 heterocycles. The molecule has 0 saturated heterocycles. The minimum atomic E-state index is -0.293. The van der Waals surface area contributed by atoms with Crippen molar-refractivity contribution in [2.24, 2.45) is 0 Å². The number of nitrogens with one attached hydrogen (secondary N) is 1. The van der Waals surface area contributed by atoms with E-state index in [1.165, 1.54) is 12.1 Å². The fourth-order valence-electron chi connectivity index (χ4n) is 3.01. The zero-order chi connectivity index (χ0) is 19.9. The molecule has 0 fully saturated rings. The second kappa shape index (κ2) is 9.18. The molecule has 3 aromatic carbocycles. The van der Waals surface area contributed by atoms with E-state index < -0.39 is 0 Å². The van der Waals surface area contributed by atoms with Crippen LogP contribution >= 0.6 is 0 Å². The van der Waals surface area contributed by atoms with Crippen LogP contribution in [-0.4, -0.2) is 12.4 Å². The lowest BCUT2D eigenvalue weighted by Gasteiger charge is -2.20. The Hall–Kier alpha value is -3.14. The summed E-state index contributed by atoms with van der Waals surface area (Å²) in [5.74, 6) is 0.545. The van der Waals surface area contributed by atoms with Crippen molar-refractivity contribution < 1.29 is 13.9 Å². The largest absolute Gasteiger partial charge is 0.494 e. The van der Waals surface area contributed by atoms with Gasteiger partial charge in [0.25, 0.3) is 0 Å². The highest BCUT2D eigenvalue weighted by molar-refractivity contribution is 5.96. The van der Waals surface area contributed by atoms with Crippen molar-refractivity contribution in [3.05, 3.63) is 95.3 Å². The number of Topliss-reactive ketones (excluding diaryl/α,β-unsaturated/α-hetero) is 1. The average Bonchev–Trinajstić information content (AvgIpc) is 2.70. The Morgan fingerprint density at radius 3 is 2.21 bits per heavy atom. The van der Waals surface area contributed by atoms with Crippen molar-refractivity contribution in [2.75, 3.05) is 11.9 Å². The molecule has 3 rings (SSSR count). The monoisotopic (exact) mass is 377 g/mol. The molecule has 0 saturated carbocycles. The van der Waals surface area contributed by atoms with Gasteiger partial charge in [0.1, 0.15) is 11.6 Å². The van der Waals surface area contributed by atoms with E-state index in [9.17, 15) is 9.18 Å². The van der Waals surface area contributed by atoms with Crippen molar-refractivity contribution >= 4 is 11.5 Å². The molecule has 0 aliphatic heterocycles. The molecule has 3 aromatic rings. The summed E-state index contributed by atoms with van der Waals surface area (Å²) in [6.45, 7) is 4.53. The lowest BCUT2D eigenvalue weighted by molar-refractivity contribution is 0.0976. The fraction of sp³-hybridized carbons (Fsp3) is 0.208. The predicted molar refractivity (Wildman–Crippen MR) is 111 cm³/mol. The molecule has 0 aliphatic carbocycles. The zero-order valence-corrected chi connectivity index (χ0v) is 16.1. The summed E-state index contributed by atoms with van der Waals surface area (Å²) < 4.78 is 18.7. The first-order valence-corrected chi connectivity index (χ1v) is 9.40. The number of hydrogen-bond donors (Lipinski definition) is 1. The minimum absolute atomic E-state index is 0.0495. The van der Waals surface area contributed by atoms with Crippen LogP contribution in [0.1, 0.15) is 40.9 Å². The Labute approximate surface area is 165 Å². The van der Waals surface area contributed by atoms with Crippen molar-refractivity contribution in [3.63, 3.8) is 0 Å². The van der Waals surface area contributed by atoms with E-state index in [4.69, 9.17) is 4.74 Å². The first-order valence-electron chi connectivity index (χ1n) is 9.40. The lowest BCUT2D eigenvalue weighted by atomic mass is 9.97. The summed E-state index contributed by atoms with van der Waals surface area (Å²) in [5.41, 5.74) is 3.52. The van der Waals surface area contributed by atoms with Crippen LogP contribution in [0.5, 0.6) is 5.75 Å². The first kappa shape index (κ1) is 19.6. The number of rotatable bonds is 8. The van der Waals surface area contributed by atoms with Gasteiger partial charge in [0.15, 0.2) is 5.78 Å². The maximum atomic E-state index is 13.2. The summed E-state index contributed by atoms with van der Waals surface area (Å²) in [6.07, 6.45) is 0.286. The van der Waals surface area contributed by atoms with Crippen LogP contribution in [0, 0.1) is 12.7 Å². The SMILES string of the molecule is CCOc1ccc(C(CC(=O)c2ccc(C)cc2)Nc2ccc(F)cc2)cc1. The van der Waals surface area contributed by atoms with Gasteiger partial charge in [0.2, 0.25) is 0 Å². The average molecular weight is 377 g/mol. The van der Waals surface area contributed by atoms with E-state index >= 15 is 0 Å². The summed E-state index contributed by atoms with van der Waals surface area (Å²) >= 11 is 0. The highest BCUT2D eigenvalue weighted by Crippen LogP contribution is 2.26. The molecule has 0 spiro atoms. The van der Waals surface area contributed by atoms with Crippen molar-refractivity contribution in [1.29, 1.82) is 0 Å². The Morgan fingerprint density at radius 1 is 0.964 bits per heavy atom. The van der Waals surface area contributed by atoms with Gasteiger partial charge < -0.3 is 10.1 Å². The summed E-state index contributed by atoms with van der Waals surface area (Å²) in [7, 11) is 0. The van der Waals surface area contributed by atoms with Gasteiger partial charge in [-0.15, -0.1) is 0 Å². The number of hydrogen-bond acceptors (Lipinski definition) is 3. The first-order chi connectivity index (χ1) is 13.5. The maximum Gasteiger partial charge on any atom is 0.165 e. The van der Waals surface area contributed by atoms with Crippen molar-refractivity contribution in [3.8, 4) is 5.75 Å². The molecule has 0 aromatic heterocycles. The number of aryl methyl sites for hydroxylation is 1. The van der Waals surface area contributed by atoms with Gasteiger partial charge in [-0.3, -0.25) is 4.79 Å². The Bertz CT molecular complexity index is 903. The smallest absolute Gasteiger partial charge is 0.165 e. The molecule has 4 heteroatoms. The lowest BCUT2D eigenvalue weighted by Crippen LogP contribution is -2.16. The summed E-state index contributed by atoms with van der Waals surface area (Å²) in [5, 5.41) is 3.36. The van der Waals surface area contributed by atoms with Crippen molar-refractivity contribution in [1.82, 2.24) is 0 Å². The van der Waals surface area contributed by atoms with Gasteiger partial charge >= 0.3 is 0 Å². The number of carbonyl (C=O) groups excluding carboxylic acids is 1. The van der Waals surface area contributed by atoms with Gasteiger partial charge in [0.05, 0.1) is 12.6 Å². The number of halogens is 1. The molecule has 0 aliphatic rings. The van der Waals surface area contributed by atoms with E-state index in [0.717, 1.165) is 22.6 Å². The van der Waals surface area contributed by atoms with Crippen LogP contribution < -0.4 is 10.1 Å². The molecule has 1 N–H and O–H groups in total. The van der Waals surface area contributed by atoms with Crippen LogP contribution in [0.4, 0.5) is 10.1 Å². The second-order valence-electron chi connectivity index (χ2n) is 6.70. The predicted octanol–water partition coefficient (Wildman–Crippen LogP) is 5.96. The highest BCUT2D eigenvalue weighted by atomic mass is 19.1. The Kier molecular flexibility index (Phi) is 6.43. The normalized spacial score (nSPS) is 11.7. The third-order valence-electron chi connectivity index (χ3n) is 4.54. The van der Waals surface area contributed by atoms with E-state index in [1.54, 1.807) is 12.1 Å². The van der Waals surface area contributed by atoms with E-state index in [0.29, 0.717) is 12.2 Å². The van der Waals surface area contributed by atoms with Gasteiger partial charge in [-0.2, -0.15) is 0 Å². The number of carbonyl (C=O) groups is 1. The summed E-state index contributed by atoms with van der Waals surface area (Å²) in [4.78, 5) is 12.8. The molecule has 0 amide bonds. The molecule has 144 valence electrons. The van der Waals surface area contributed by atoms with Gasteiger partial charge in [-0.1, -0.05) is 42.0 Å². The van der Waals surface area contributed by atoms with Crippen LogP contribution in [0.2, 0.25) is 0 Å². The molecular formula is C24H24FNO2. The number of ether oxygens (including phenoxy) is 1. The van der Waals surface area contributed by atoms with Crippen LogP contribution in [0.25, 0.3) is 0 Å². The Balaban J connectivity index is 1.83. The van der Waals surface area contributed by atoms with Gasteiger partial charge in [-0.25, -0.2) is 4.39 Å². The molecule has 28 heavy (non-hydrogen) atoms. The van der Waals surface area contributed by atoms with E-state index in [1.807, 2.05) is 62.4 Å². The minimum Gasteiger partial charge on any atom is -0.494 e. The third kappa shape index (κ3) is 5.19. The molecule has 1 atom stereocenters. The molecule has 0 radical (unpaired) electrons. The molecular weight excluding hydrogens is 353 g/mol. The summed E-state index contributed by atoms with van der Waals surface area (Å²) in [6, 6.07) is 21.2. The third-order valence-corrected chi connectivity index (χ3v) is 4.54. The van der Waals surface area contributed by atoms with Crippen molar-refractivity contribution in [2.45, 2.75) is 26.3 Å².